The molecule has 0 bridgehead atoms. The van der Waals surface area contributed by atoms with Gasteiger partial charge in [-0.3, -0.25) is 0 Å². The summed E-state index contributed by atoms with van der Waals surface area (Å²) in [5.41, 5.74) is 12.6. The Balaban J connectivity index is 1.92. The van der Waals surface area contributed by atoms with Crippen LogP contribution < -0.4 is 16.8 Å². The largest absolute Gasteiger partial charge is 0.370 e. The van der Waals surface area contributed by atoms with Crippen molar-refractivity contribution in [2.75, 3.05) is 5.32 Å². The van der Waals surface area contributed by atoms with Gasteiger partial charge in [0.2, 0.25) is 0 Å². The number of hydrogen-bond donors (Lipinski definition) is 3. The number of para-hydroxylation sites is 1. The molecule has 1 aliphatic rings. The minimum Gasteiger partial charge on any atom is -0.370 e. The molecule has 86 valence electrons. The van der Waals surface area contributed by atoms with E-state index in [1.54, 1.807) is 0 Å². The summed E-state index contributed by atoms with van der Waals surface area (Å²) in [6, 6.07) is 10.4. The summed E-state index contributed by atoms with van der Waals surface area (Å²) < 4.78 is 0. The van der Waals surface area contributed by atoms with Crippen LogP contribution in [0.15, 0.2) is 35.3 Å². The number of nitrogens with two attached hydrogens (primary N) is 2. The van der Waals surface area contributed by atoms with Crippen LogP contribution in [0.25, 0.3) is 0 Å². The lowest BCUT2D eigenvalue weighted by Crippen LogP contribution is -2.25. The molecule has 0 radical (unpaired) electrons. The third-order valence-electron chi connectivity index (χ3n) is 2.81. The average Bonchev–Trinajstić information content (AvgIpc) is 2.65. The van der Waals surface area contributed by atoms with Crippen molar-refractivity contribution in [1.29, 1.82) is 0 Å². The Morgan fingerprint density at radius 3 is 2.62 bits per heavy atom. The second-order valence-corrected chi connectivity index (χ2v) is 4.23. The molecule has 1 saturated carbocycles. The molecule has 1 aliphatic carbocycles. The Bertz CT molecular complexity index is 361. The monoisotopic (exact) mass is 218 g/mol. The molecule has 0 aliphatic heterocycles. The average molecular weight is 218 g/mol. The zero-order chi connectivity index (χ0) is 11.4. The maximum absolute atomic E-state index is 5.83. The van der Waals surface area contributed by atoms with E-state index in [2.05, 4.69) is 10.3 Å². The molecule has 5 N–H and O–H groups in total. The van der Waals surface area contributed by atoms with E-state index in [-0.39, 0.29) is 6.04 Å². The van der Waals surface area contributed by atoms with E-state index < -0.39 is 0 Å². The van der Waals surface area contributed by atoms with Gasteiger partial charge in [-0.2, -0.15) is 0 Å². The number of anilines is 1. The summed E-state index contributed by atoms with van der Waals surface area (Å²) in [5.74, 6) is 0.477. The second-order valence-electron chi connectivity index (χ2n) is 4.23. The van der Waals surface area contributed by atoms with Crippen molar-refractivity contribution in [1.82, 2.24) is 0 Å². The van der Waals surface area contributed by atoms with Crippen LogP contribution in [0.5, 0.6) is 0 Å². The topological polar surface area (TPSA) is 76.4 Å². The Morgan fingerprint density at radius 2 is 2.00 bits per heavy atom. The van der Waals surface area contributed by atoms with Gasteiger partial charge in [0, 0.05) is 11.7 Å². The quantitative estimate of drug-likeness (QED) is 0.517. The van der Waals surface area contributed by atoms with Crippen LogP contribution in [-0.2, 0) is 0 Å². The summed E-state index contributed by atoms with van der Waals surface area (Å²) in [5, 5.41) is 3.07. The molecule has 4 heteroatoms. The molecular weight excluding hydrogens is 200 g/mol. The molecule has 0 heterocycles. The Labute approximate surface area is 95.7 Å². The van der Waals surface area contributed by atoms with Gasteiger partial charge in [0.1, 0.15) is 0 Å². The number of rotatable bonds is 2. The summed E-state index contributed by atoms with van der Waals surface area (Å²) >= 11 is 0. The molecule has 0 amide bonds. The van der Waals surface area contributed by atoms with Crippen molar-refractivity contribution in [2.24, 2.45) is 16.5 Å². The van der Waals surface area contributed by atoms with Crippen LogP contribution in [0.4, 0.5) is 5.69 Å². The molecule has 1 aromatic rings. The van der Waals surface area contributed by atoms with Gasteiger partial charge < -0.3 is 16.8 Å². The first-order valence-corrected chi connectivity index (χ1v) is 5.65. The highest BCUT2D eigenvalue weighted by atomic mass is 15.1. The van der Waals surface area contributed by atoms with Gasteiger partial charge in [-0.25, -0.2) is 4.99 Å². The van der Waals surface area contributed by atoms with Gasteiger partial charge in [0.25, 0.3) is 0 Å². The SMILES string of the molecule is NC(=NC1CCC(N)C1)Nc1ccccc1. The molecular formula is C12H18N4. The van der Waals surface area contributed by atoms with Crippen LogP contribution in [0.1, 0.15) is 19.3 Å². The third-order valence-corrected chi connectivity index (χ3v) is 2.81. The molecule has 1 fully saturated rings. The number of nitrogens with one attached hydrogen (secondary N) is 1. The molecule has 1 aromatic carbocycles. The number of guanidine groups is 1. The molecule has 0 aromatic heterocycles. The Hall–Kier alpha value is -1.55. The number of aliphatic imine (C=N–C) groups is 1. The van der Waals surface area contributed by atoms with Crippen molar-refractivity contribution in [3.05, 3.63) is 30.3 Å². The maximum Gasteiger partial charge on any atom is 0.193 e. The highest BCUT2D eigenvalue weighted by Gasteiger charge is 2.21. The standard InChI is InChI=1S/C12H18N4/c13-9-6-7-11(8-9)16-12(14)15-10-4-2-1-3-5-10/h1-5,9,11H,6-8,13H2,(H3,14,15,16). The fourth-order valence-corrected chi connectivity index (χ4v) is 2.01. The van der Waals surface area contributed by atoms with Crippen LogP contribution >= 0.6 is 0 Å². The smallest absolute Gasteiger partial charge is 0.193 e. The lowest BCUT2D eigenvalue weighted by atomic mass is 10.2. The fourth-order valence-electron chi connectivity index (χ4n) is 2.01. The lowest BCUT2D eigenvalue weighted by Gasteiger charge is -2.08. The van der Waals surface area contributed by atoms with Gasteiger partial charge in [0.15, 0.2) is 5.96 Å². The number of benzene rings is 1. The van der Waals surface area contributed by atoms with Crippen molar-refractivity contribution in [3.63, 3.8) is 0 Å². The Morgan fingerprint density at radius 1 is 1.25 bits per heavy atom. The molecule has 0 saturated heterocycles. The number of nitrogens with zero attached hydrogens (tertiary/aromatic N) is 1. The zero-order valence-corrected chi connectivity index (χ0v) is 9.26. The van der Waals surface area contributed by atoms with Gasteiger partial charge in [0.05, 0.1) is 6.04 Å². The fraction of sp³-hybridized carbons (Fsp3) is 0.417. The highest BCUT2D eigenvalue weighted by Crippen LogP contribution is 2.20. The normalized spacial score (nSPS) is 25.7. The molecule has 2 rings (SSSR count). The summed E-state index contributed by atoms with van der Waals surface area (Å²) in [7, 11) is 0. The highest BCUT2D eigenvalue weighted by molar-refractivity contribution is 5.92. The van der Waals surface area contributed by atoms with Gasteiger partial charge >= 0.3 is 0 Å². The van der Waals surface area contributed by atoms with E-state index >= 15 is 0 Å². The van der Waals surface area contributed by atoms with Gasteiger partial charge in [-0.05, 0) is 31.4 Å². The van der Waals surface area contributed by atoms with E-state index in [0.29, 0.717) is 12.0 Å². The summed E-state index contributed by atoms with van der Waals surface area (Å²) in [6.45, 7) is 0. The summed E-state index contributed by atoms with van der Waals surface area (Å²) in [6.07, 6.45) is 3.03. The maximum atomic E-state index is 5.83. The predicted octanol–water partition coefficient (Wildman–Crippen LogP) is 1.29. The summed E-state index contributed by atoms with van der Waals surface area (Å²) in [4.78, 5) is 4.42. The van der Waals surface area contributed by atoms with Crippen LogP contribution in [-0.4, -0.2) is 18.0 Å². The van der Waals surface area contributed by atoms with Crippen molar-refractivity contribution in [3.8, 4) is 0 Å². The van der Waals surface area contributed by atoms with Crippen LogP contribution in [0.2, 0.25) is 0 Å². The van der Waals surface area contributed by atoms with Crippen molar-refractivity contribution >= 4 is 11.6 Å². The molecule has 4 nitrogen and oxygen atoms in total. The van der Waals surface area contributed by atoms with Crippen LogP contribution in [0.3, 0.4) is 0 Å². The minimum absolute atomic E-state index is 0.284. The minimum atomic E-state index is 0.284. The lowest BCUT2D eigenvalue weighted by molar-refractivity contribution is 0.667. The van der Waals surface area contributed by atoms with E-state index in [1.807, 2.05) is 30.3 Å². The van der Waals surface area contributed by atoms with Crippen molar-refractivity contribution < 1.29 is 0 Å². The molecule has 0 spiro atoms. The predicted molar refractivity (Wildman–Crippen MR) is 67.3 cm³/mol. The first-order valence-electron chi connectivity index (χ1n) is 5.65. The molecule has 2 atom stereocenters. The van der Waals surface area contributed by atoms with Gasteiger partial charge in [-0.1, -0.05) is 18.2 Å². The van der Waals surface area contributed by atoms with Crippen LogP contribution in [0, 0.1) is 0 Å². The number of hydrogen-bond acceptors (Lipinski definition) is 2. The molecule has 2 unspecified atom stereocenters. The van der Waals surface area contributed by atoms with E-state index in [0.717, 1.165) is 24.9 Å². The van der Waals surface area contributed by atoms with E-state index in [4.69, 9.17) is 11.5 Å². The first kappa shape index (κ1) is 11.0. The van der Waals surface area contributed by atoms with E-state index in [1.165, 1.54) is 0 Å². The Kier molecular flexibility index (Phi) is 3.41. The van der Waals surface area contributed by atoms with Crippen molar-refractivity contribution in [2.45, 2.75) is 31.3 Å². The van der Waals surface area contributed by atoms with E-state index in [9.17, 15) is 0 Å². The third kappa shape index (κ3) is 2.97. The zero-order valence-electron chi connectivity index (χ0n) is 9.26. The first-order chi connectivity index (χ1) is 7.74. The molecule has 16 heavy (non-hydrogen) atoms. The second kappa shape index (κ2) is 4.99. The van der Waals surface area contributed by atoms with Gasteiger partial charge in [-0.15, -0.1) is 0 Å².